The molecule has 0 radical (unpaired) electrons. The maximum atomic E-state index is 11.8. The monoisotopic (exact) mass is 267 g/mol. The van der Waals surface area contributed by atoms with Gasteiger partial charge in [0.2, 0.25) is 6.10 Å². The van der Waals surface area contributed by atoms with Crippen LogP contribution in [0.15, 0.2) is 36.4 Å². The van der Waals surface area contributed by atoms with Crippen LogP contribution in [0.3, 0.4) is 0 Å². The van der Waals surface area contributed by atoms with Gasteiger partial charge < -0.3 is 14.8 Å². The molecule has 1 unspecified atom stereocenters. The lowest BCUT2D eigenvalue weighted by molar-refractivity contribution is -0.130. The Bertz CT molecular complexity index is 448. The van der Waals surface area contributed by atoms with Gasteiger partial charge in [-0.25, -0.2) is 0 Å². The van der Waals surface area contributed by atoms with Gasteiger partial charge in [0.15, 0.2) is 11.5 Å². The minimum Gasteiger partial charge on any atom is -0.485 e. The molecule has 0 saturated carbocycles. The molecule has 1 aliphatic heterocycles. The van der Waals surface area contributed by atoms with E-state index in [1.165, 1.54) is 0 Å². The molecule has 1 heterocycles. The van der Waals surface area contributed by atoms with Crippen LogP contribution in [0.2, 0.25) is 0 Å². The molecule has 0 saturated heterocycles. The topological polar surface area (TPSA) is 47.6 Å². The molecule has 0 spiro atoms. The van der Waals surface area contributed by atoms with E-state index in [0.717, 1.165) is 0 Å². The Morgan fingerprint density at radius 1 is 1.39 bits per heavy atom. The maximum absolute atomic E-state index is 11.8. The van der Waals surface area contributed by atoms with Crippen LogP contribution in [0.4, 0.5) is 0 Å². The second kappa shape index (κ2) is 6.31. The van der Waals surface area contributed by atoms with Gasteiger partial charge in [0.1, 0.15) is 6.61 Å². The standard InChI is InChI=1S/C13H14ClNO3/c14-7-3-4-8-15-13(16)12-9-17-10-5-1-2-6-11(10)18-12/h1-6,12H,7-9H2,(H,15,16)/b4-3+. The van der Waals surface area contributed by atoms with Crippen molar-refractivity contribution in [1.82, 2.24) is 5.32 Å². The van der Waals surface area contributed by atoms with Gasteiger partial charge in [-0.2, -0.15) is 0 Å². The van der Waals surface area contributed by atoms with Crippen LogP contribution in [0.25, 0.3) is 0 Å². The zero-order valence-corrected chi connectivity index (χ0v) is 10.5. The summed E-state index contributed by atoms with van der Waals surface area (Å²) in [4.78, 5) is 11.8. The number of nitrogens with one attached hydrogen (secondary N) is 1. The Morgan fingerprint density at radius 2 is 2.17 bits per heavy atom. The van der Waals surface area contributed by atoms with Crippen LogP contribution in [0.5, 0.6) is 11.5 Å². The van der Waals surface area contributed by atoms with Gasteiger partial charge in [-0.1, -0.05) is 24.3 Å². The number of ether oxygens (including phenoxy) is 2. The van der Waals surface area contributed by atoms with E-state index < -0.39 is 6.10 Å². The quantitative estimate of drug-likeness (QED) is 0.668. The fraction of sp³-hybridized carbons (Fsp3) is 0.308. The molecule has 1 atom stereocenters. The Labute approximate surface area is 111 Å². The molecule has 1 aromatic rings. The molecule has 0 bridgehead atoms. The molecule has 1 aromatic carbocycles. The number of hydrogen-bond donors (Lipinski definition) is 1. The van der Waals surface area contributed by atoms with E-state index in [-0.39, 0.29) is 12.5 Å². The van der Waals surface area contributed by atoms with Gasteiger partial charge in [-0.15, -0.1) is 11.6 Å². The van der Waals surface area contributed by atoms with Crippen molar-refractivity contribution >= 4 is 17.5 Å². The van der Waals surface area contributed by atoms with Crippen molar-refractivity contribution in [1.29, 1.82) is 0 Å². The highest BCUT2D eigenvalue weighted by Crippen LogP contribution is 2.30. The first kappa shape index (κ1) is 12.8. The molecule has 18 heavy (non-hydrogen) atoms. The summed E-state index contributed by atoms with van der Waals surface area (Å²) in [6, 6.07) is 7.29. The number of hydrogen-bond acceptors (Lipinski definition) is 3. The highest BCUT2D eigenvalue weighted by molar-refractivity contribution is 6.18. The van der Waals surface area contributed by atoms with Gasteiger partial charge in [0.25, 0.3) is 5.91 Å². The largest absolute Gasteiger partial charge is 0.485 e. The fourth-order valence-electron chi connectivity index (χ4n) is 1.57. The number of carbonyl (C=O) groups excluding carboxylic acids is 1. The number of benzene rings is 1. The van der Waals surface area contributed by atoms with Crippen LogP contribution in [0, 0.1) is 0 Å². The number of fused-ring (bicyclic) bond motifs is 1. The number of halogens is 1. The van der Waals surface area contributed by atoms with Crippen molar-refractivity contribution in [2.75, 3.05) is 19.0 Å². The molecule has 0 fully saturated rings. The Balaban J connectivity index is 1.88. The van der Waals surface area contributed by atoms with Crippen molar-refractivity contribution in [2.45, 2.75) is 6.10 Å². The maximum Gasteiger partial charge on any atom is 0.264 e. The molecule has 2 rings (SSSR count). The lowest BCUT2D eigenvalue weighted by Crippen LogP contribution is -2.44. The molecule has 0 aromatic heterocycles. The summed E-state index contributed by atoms with van der Waals surface area (Å²) in [6.07, 6.45) is 2.96. The summed E-state index contributed by atoms with van der Waals surface area (Å²) in [5, 5.41) is 2.73. The Morgan fingerprint density at radius 3 is 2.94 bits per heavy atom. The third kappa shape index (κ3) is 3.17. The average Bonchev–Trinajstić information content (AvgIpc) is 2.43. The first-order valence-electron chi connectivity index (χ1n) is 5.68. The zero-order valence-electron chi connectivity index (χ0n) is 9.77. The third-order valence-corrected chi connectivity index (χ3v) is 2.63. The van der Waals surface area contributed by atoms with Crippen LogP contribution >= 0.6 is 11.6 Å². The smallest absolute Gasteiger partial charge is 0.264 e. The van der Waals surface area contributed by atoms with Gasteiger partial charge in [-0.3, -0.25) is 4.79 Å². The second-order valence-corrected chi connectivity index (χ2v) is 4.04. The molecule has 1 aliphatic rings. The van der Waals surface area contributed by atoms with Crippen molar-refractivity contribution in [2.24, 2.45) is 0 Å². The summed E-state index contributed by atoms with van der Waals surface area (Å²) < 4.78 is 11.0. The third-order valence-electron chi connectivity index (χ3n) is 2.45. The molecular weight excluding hydrogens is 254 g/mol. The highest BCUT2D eigenvalue weighted by atomic mass is 35.5. The number of rotatable bonds is 4. The van der Waals surface area contributed by atoms with Crippen LogP contribution in [-0.2, 0) is 4.79 Å². The number of carbonyl (C=O) groups is 1. The first-order valence-corrected chi connectivity index (χ1v) is 6.22. The summed E-state index contributed by atoms with van der Waals surface area (Å²) >= 11 is 5.48. The van der Waals surface area contributed by atoms with E-state index in [0.29, 0.717) is 23.9 Å². The molecule has 4 nitrogen and oxygen atoms in total. The van der Waals surface area contributed by atoms with Crippen molar-refractivity contribution in [3.05, 3.63) is 36.4 Å². The lowest BCUT2D eigenvalue weighted by Gasteiger charge is -2.25. The van der Waals surface area contributed by atoms with Crippen molar-refractivity contribution < 1.29 is 14.3 Å². The average molecular weight is 268 g/mol. The summed E-state index contributed by atoms with van der Waals surface area (Å²) in [7, 11) is 0. The van der Waals surface area contributed by atoms with Crippen LogP contribution < -0.4 is 14.8 Å². The van der Waals surface area contributed by atoms with Crippen molar-refractivity contribution in [3.8, 4) is 11.5 Å². The van der Waals surface area contributed by atoms with Crippen LogP contribution in [0.1, 0.15) is 0 Å². The van der Waals surface area contributed by atoms with E-state index >= 15 is 0 Å². The van der Waals surface area contributed by atoms with E-state index in [2.05, 4.69) is 5.32 Å². The number of alkyl halides is 1. The van der Waals surface area contributed by atoms with E-state index in [9.17, 15) is 4.79 Å². The molecular formula is C13H14ClNO3. The van der Waals surface area contributed by atoms with Gasteiger partial charge >= 0.3 is 0 Å². The predicted molar refractivity (Wildman–Crippen MR) is 69.2 cm³/mol. The number of amides is 1. The van der Waals surface area contributed by atoms with Gasteiger partial charge in [0, 0.05) is 12.4 Å². The van der Waals surface area contributed by atoms with E-state index in [1.54, 1.807) is 18.2 Å². The highest BCUT2D eigenvalue weighted by Gasteiger charge is 2.26. The predicted octanol–water partition coefficient (Wildman–Crippen LogP) is 1.74. The Kier molecular flexibility index (Phi) is 4.47. The molecule has 5 heteroatoms. The van der Waals surface area contributed by atoms with Crippen molar-refractivity contribution in [3.63, 3.8) is 0 Å². The molecule has 1 N–H and O–H groups in total. The summed E-state index contributed by atoms with van der Waals surface area (Å²) in [5.41, 5.74) is 0. The molecule has 1 amide bonds. The Hall–Kier alpha value is -1.68. The SMILES string of the molecule is O=C(NC/C=C/CCl)C1COc2ccccc2O1. The van der Waals surface area contributed by atoms with E-state index in [1.807, 2.05) is 18.2 Å². The minimum atomic E-state index is -0.607. The van der Waals surface area contributed by atoms with E-state index in [4.69, 9.17) is 21.1 Å². The van der Waals surface area contributed by atoms with Crippen LogP contribution in [-0.4, -0.2) is 31.0 Å². The number of allylic oxidation sites excluding steroid dienone is 1. The first-order chi connectivity index (χ1) is 8.81. The second-order valence-electron chi connectivity index (χ2n) is 3.74. The molecule has 96 valence electrons. The number of para-hydroxylation sites is 2. The summed E-state index contributed by atoms with van der Waals surface area (Å²) in [6.45, 7) is 0.662. The minimum absolute atomic E-state index is 0.191. The molecule has 0 aliphatic carbocycles. The zero-order chi connectivity index (χ0) is 12.8. The fourth-order valence-corrected chi connectivity index (χ4v) is 1.69. The normalized spacial score (nSPS) is 17.7. The van der Waals surface area contributed by atoms with Gasteiger partial charge in [0.05, 0.1) is 0 Å². The van der Waals surface area contributed by atoms with Gasteiger partial charge in [-0.05, 0) is 12.1 Å². The lowest BCUT2D eigenvalue weighted by atomic mass is 10.2. The summed E-state index contributed by atoms with van der Waals surface area (Å²) in [5.74, 6) is 1.51.